The average molecular weight is 249 g/mol. The molecule has 0 saturated carbocycles. The van der Waals surface area contributed by atoms with Crippen molar-refractivity contribution in [2.45, 2.75) is 71.6 Å². The molecule has 0 bridgehead atoms. The van der Waals surface area contributed by atoms with Crippen LogP contribution in [0.25, 0.3) is 0 Å². The molecule has 2 unspecified atom stereocenters. The summed E-state index contributed by atoms with van der Waals surface area (Å²) >= 11 is 0. The van der Waals surface area contributed by atoms with E-state index in [1.54, 1.807) is 0 Å². The number of aliphatic hydroxyl groups excluding tert-OH is 2. The second-order valence-corrected chi connectivity index (χ2v) is 4.26. The Labute approximate surface area is 106 Å². The number of hydrogen-bond acceptors (Lipinski definition) is 4. The molecule has 17 heavy (non-hydrogen) atoms. The van der Waals surface area contributed by atoms with E-state index < -0.39 is 12.3 Å². The van der Waals surface area contributed by atoms with Gasteiger partial charge in [-0.3, -0.25) is 0 Å². The van der Waals surface area contributed by atoms with Crippen molar-refractivity contribution >= 4 is 0 Å². The molecule has 0 amide bonds. The molecule has 0 aliphatic rings. The molecule has 0 aromatic carbocycles. The van der Waals surface area contributed by atoms with Crippen LogP contribution in [0.2, 0.25) is 0 Å². The summed E-state index contributed by atoms with van der Waals surface area (Å²) in [6.07, 6.45) is 5.78. The second kappa shape index (κ2) is 15.8. The van der Waals surface area contributed by atoms with E-state index in [1.807, 2.05) is 0 Å². The summed E-state index contributed by atoms with van der Waals surface area (Å²) in [6.45, 7) is 7.80. The summed E-state index contributed by atoms with van der Waals surface area (Å²) in [5.41, 5.74) is 4.74. The van der Waals surface area contributed by atoms with Gasteiger partial charge in [0.25, 0.3) is 0 Å². The van der Waals surface area contributed by atoms with Crippen molar-refractivity contribution in [1.29, 1.82) is 0 Å². The molecule has 0 spiro atoms. The molecule has 0 aliphatic carbocycles. The minimum absolute atomic E-state index is 0.815. The molecule has 0 radical (unpaired) electrons. The highest BCUT2D eigenvalue weighted by Crippen LogP contribution is 1.97. The maximum Gasteiger partial charge on any atom is 0.128 e. The lowest BCUT2D eigenvalue weighted by molar-refractivity contribution is 0.0359. The zero-order chi connectivity index (χ0) is 13.5. The Morgan fingerprint density at radius 2 is 1.29 bits per heavy atom. The standard InChI is InChI=1S/C10H22O.C3H9NO2/c1-3-5-7-9-11-10-8-6-4-2;1-2(5)3(4)6/h3-10H2,1-2H3;2-3,5-6H,4H2,1H3. The topological polar surface area (TPSA) is 75.7 Å². The van der Waals surface area contributed by atoms with Gasteiger partial charge in [-0.25, -0.2) is 0 Å². The number of aliphatic hydroxyl groups is 2. The van der Waals surface area contributed by atoms with Crippen molar-refractivity contribution < 1.29 is 14.9 Å². The summed E-state index contributed by atoms with van der Waals surface area (Å²) in [4.78, 5) is 0. The molecule has 0 aromatic heterocycles. The number of rotatable bonds is 9. The fourth-order valence-corrected chi connectivity index (χ4v) is 1.01. The number of ether oxygens (including phenoxy) is 1. The largest absolute Gasteiger partial charge is 0.389 e. The van der Waals surface area contributed by atoms with Crippen LogP contribution in [0.4, 0.5) is 0 Å². The van der Waals surface area contributed by atoms with E-state index in [-0.39, 0.29) is 0 Å². The Morgan fingerprint density at radius 3 is 1.53 bits per heavy atom. The third kappa shape index (κ3) is 21.6. The zero-order valence-corrected chi connectivity index (χ0v) is 11.7. The molecule has 4 N–H and O–H groups in total. The molecular formula is C13H31NO3. The summed E-state index contributed by atoms with van der Waals surface area (Å²) in [5.74, 6) is 0. The number of hydrogen-bond donors (Lipinski definition) is 3. The Morgan fingerprint density at radius 1 is 0.941 bits per heavy atom. The van der Waals surface area contributed by atoms with E-state index in [9.17, 15) is 0 Å². The van der Waals surface area contributed by atoms with Crippen LogP contribution in [-0.2, 0) is 4.74 Å². The highest BCUT2D eigenvalue weighted by molar-refractivity contribution is 4.48. The fourth-order valence-electron chi connectivity index (χ4n) is 1.01. The van der Waals surface area contributed by atoms with Gasteiger partial charge in [0, 0.05) is 13.2 Å². The second-order valence-electron chi connectivity index (χ2n) is 4.26. The van der Waals surface area contributed by atoms with Crippen LogP contribution in [0, 0.1) is 0 Å². The van der Waals surface area contributed by atoms with Crippen LogP contribution < -0.4 is 5.73 Å². The molecule has 0 saturated heterocycles. The van der Waals surface area contributed by atoms with Crippen molar-refractivity contribution in [3.8, 4) is 0 Å². The normalized spacial score (nSPS) is 13.8. The predicted octanol–water partition coefficient (Wildman–Crippen LogP) is 2.03. The Bertz CT molecular complexity index is 116. The quantitative estimate of drug-likeness (QED) is 0.432. The summed E-state index contributed by atoms with van der Waals surface area (Å²) in [7, 11) is 0. The van der Waals surface area contributed by atoms with Crippen LogP contribution >= 0.6 is 0 Å². The fraction of sp³-hybridized carbons (Fsp3) is 1.00. The first-order chi connectivity index (χ1) is 8.06. The number of unbranched alkanes of at least 4 members (excludes halogenated alkanes) is 4. The van der Waals surface area contributed by atoms with Crippen LogP contribution in [0.15, 0.2) is 0 Å². The highest BCUT2D eigenvalue weighted by Gasteiger charge is 2.00. The lowest BCUT2D eigenvalue weighted by atomic mass is 10.2. The van der Waals surface area contributed by atoms with Crippen LogP contribution in [-0.4, -0.2) is 35.8 Å². The Balaban J connectivity index is 0. The molecule has 0 aromatic rings. The zero-order valence-electron chi connectivity index (χ0n) is 11.7. The molecule has 0 rings (SSSR count). The van der Waals surface area contributed by atoms with Crippen LogP contribution in [0.1, 0.15) is 59.3 Å². The first-order valence-electron chi connectivity index (χ1n) is 6.75. The van der Waals surface area contributed by atoms with E-state index in [0.717, 1.165) is 13.2 Å². The van der Waals surface area contributed by atoms with Gasteiger partial charge in [0.2, 0.25) is 0 Å². The Hall–Kier alpha value is -0.160. The van der Waals surface area contributed by atoms with Gasteiger partial charge in [0.05, 0.1) is 6.10 Å². The summed E-state index contributed by atoms with van der Waals surface area (Å²) < 4.78 is 5.44. The molecule has 4 heteroatoms. The first kappa shape index (κ1) is 19.2. The van der Waals surface area contributed by atoms with Crippen LogP contribution in [0.3, 0.4) is 0 Å². The van der Waals surface area contributed by atoms with Gasteiger partial charge < -0.3 is 20.7 Å². The van der Waals surface area contributed by atoms with E-state index in [1.165, 1.54) is 45.4 Å². The molecular weight excluding hydrogens is 218 g/mol. The lowest BCUT2D eigenvalue weighted by Gasteiger charge is -2.03. The van der Waals surface area contributed by atoms with Gasteiger partial charge in [-0.05, 0) is 19.8 Å². The summed E-state index contributed by atoms with van der Waals surface area (Å²) in [5, 5.41) is 16.4. The SMILES string of the molecule is CC(O)C(N)O.CCCCCOCCCCC. The minimum Gasteiger partial charge on any atom is -0.389 e. The van der Waals surface area contributed by atoms with E-state index in [0.29, 0.717) is 0 Å². The third-order valence-corrected chi connectivity index (χ3v) is 2.28. The van der Waals surface area contributed by atoms with E-state index >= 15 is 0 Å². The Kier molecular flexibility index (Phi) is 17.9. The molecule has 0 aliphatic heterocycles. The third-order valence-electron chi connectivity index (χ3n) is 2.28. The predicted molar refractivity (Wildman–Crippen MR) is 71.7 cm³/mol. The summed E-state index contributed by atoms with van der Waals surface area (Å²) in [6, 6.07) is 0. The average Bonchev–Trinajstić information content (AvgIpc) is 2.29. The highest BCUT2D eigenvalue weighted by atomic mass is 16.5. The number of nitrogens with two attached hydrogens (primary N) is 1. The maximum absolute atomic E-state index is 8.25. The van der Waals surface area contributed by atoms with Crippen molar-refractivity contribution in [3.63, 3.8) is 0 Å². The van der Waals surface area contributed by atoms with Crippen molar-refractivity contribution in [1.82, 2.24) is 0 Å². The molecule has 2 atom stereocenters. The molecule has 4 nitrogen and oxygen atoms in total. The van der Waals surface area contributed by atoms with E-state index in [2.05, 4.69) is 13.8 Å². The molecule has 106 valence electrons. The minimum atomic E-state index is -1.09. The van der Waals surface area contributed by atoms with Gasteiger partial charge in [0.15, 0.2) is 0 Å². The van der Waals surface area contributed by atoms with E-state index in [4.69, 9.17) is 20.7 Å². The van der Waals surface area contributed by atoms with Gasteiger partial charge >= 0.3 is 0 Å². The monoisotopic (exact) mass is 249 g/mol. The van der Waals surface area contributed by atoms with Crippen LogP contribution in [0.5, 0.6) is 0 Å². The lowest BCUT2D eigenvalue weighted by Crippen LogP contribution is -2.31. The molecule has 0 heterocycles. The van der Waals surface area contributed by atoms with Crippen molar-refractivity contribution in [2.24, 2.45) is 5.73 Å². The van der Waals surface area contributed by atoms with Gasteiger partial charge in [-0.2, -0.15) is 0 Å². The van der Waals surface area contributed by atoms with Gasteiger partial charge in [0.1, 0.15) is 6.23 Å². The smallest absolute Gasteiger partial charge is 0.128 e. The maximum atomic E-state index is 8.25. The first-order valence-corrected chi connectivity index (χ1v) is 6.75. The van der Waals surface area contributed by atoms with Gasteiger partial charge in [-0.1, -0.05) is 39.5 Å². The van der Waals surface area contributed by atoms with Gasteiger partial charge in [-0.15, -0.1) is 0 Å². The van der Waals surface area contributed by atoms with Crippen molar-refractivity contribution in [3.05, 3.63) is 0 Å². The molecule has 0 fully saturated rings. The van der Waals surface area contributed by atoms with Crippen molar-refractivity contribution in [2.75, 3.05) is 13.2 Å².